The number of aromatic nitrogens is 1. The van der Waals surface area contributed by atoms with Gasteiger partial charge >= 0.3 is 0 Å². The van der Waals surface area contributed by atoms with Gasteiger partial charge in [-0.05, 0) is 32.1 Å². The molecule has 0 spiro atoms. The highest BCUT2D eigenvalue weighted by molar-refractivity contribution is 7.89. The lowest BCUT2D eigenvalue weighted by Gasteiger charge is -2.33. The van der Waals surface area contributed by atoms with E-state index in [0.717, 1.165) is 6.42 Å². The summed E-state index contributed by atoms with van der Waals surface area (Å²) in [5.41, 5.74) is 0.443. The summed E-state index contributed by atoms with van der Waals surface area (Å²) in [5.74, 6) is 1.16. The van der Waals surface area contributed by atoms with Crippen LogP contribution in [0.1, 0.15) is 31.7 Å². The molecule has 0 bridgehead atoms. The first-order chi connectivity index (χ1) is 8.32. The van der Waals surface area contributed by atoms with Crippen LogP contribution < -0.4 is 0 Å². The van der Waals surface area contributed by atoms with Crippen LogP contribution in [0.15, 0.2) is 9.42 Å². The molecule has 0 aromatic carbocycles. The predicted octanol–water partition coefficient (Wildman–Crippen LogP) is 1.96. The third-order valence-corrected chi connectivity index (χ3v) is 5.48. The lowest BCUT2D eigenvalue weighted by atomic mass is 9.94. The van der Waals surface area contributed by atoms with Crippen molar-refractivity contribution in [1.29, 1.82) is 0 Å². The Kier molecular flexibility index (Phi) is 3.51. The highest BCUT2D eigenvalue weighted by Gasteiger charge is 2.35. The van der Waals surface area contributed by atoms with Gasteiger partial charge in [-0.15, -0.1) is 0 Å². The van der Waals surface area contributed by atoms with Gasteiger partial charge in [0.05, 0.1) is 0 Å². The van der Waals surface area contributed by atoms with Crippen molar-refractivity contribution < 1.29 is 12.9 Å². The Hall–Kier alpha value is -0.880. The average molecular weight is 272 g/mol. The molecule has 0 unspecified atom stereocenters. The first-order valence-electron chi connectivity index (χ1n) is 6.25. The van der Waals surface area contributed by atoms with Gasteiger partial charge in [0.1, 0.15) is 10.6 Å². The topological polar surface area (TPSA) is 63.4 Å². The zero-order chi connectivity index (χ0) is 13.5. The third-order valence-electron chi connectivity index (χ3n) is 3.40. The second-order valence-electron chi connectivity index (χ2n) is 5.42. The molecule has 5 nitrogen and oxygen atoms in total. The van der Waals surface area contributed by atoms with Crippen molar-refractivity contribution >= 4 is 10.0 Å². The van der Waals surface area contributed by atoms with Crippen LogP contribution in [0.25, 0.3) is 0 Å². The van der Waals surface area contributed by atoms with E-state index in [0.29, 0.717) is 36.4 Å². The van der Waals surface area contributed by atoms with Crippen molar-refractivity contribution in [3.05, 3.63) is 11.5 Å². The lowest BCUT2D eigenvalue weighted by Crippen LogP contribution is -2.42. The molecule has 6 heteroatoms. The van der Waals surface area contributed by atoms with Gasteiger partial charge in [-0.25, -0.2) is 8.42 Å². The van der Waals surface area contributed by atoms with Gasteiger partial charge in [0.2, 0.25) is 10.0 Å². The Morgan fingerprint density at radius 3 is 2.22 bits per heavy atom. The Balaban J connectivity index is 2.37. The van der Waals surface area contributed by atoms with E-state index >= 15 is 0 Å². The fourth-order valence-corrected chi connectivity index (χ4v) is 4.74. The maximum absolute atomic E-state index is 12.6. The Bertz CT molecular complexity index is 506. The predicted molar refractivity (Wildman–Crippen MR) is 67.7 cm³/mol. The van der Waals surface area contributed by atoms with Gasteiger partial charge in [0.25, 0.3) is 0 Å². The summed E-state index contributed by atoms with van der Waals surface area (Å²) in [5, 5.41) is 3.73. The van der Waals surface area contributed by atoms with E-state index in [1.165, 1.54) is 0 Å². The molecule has 1 aliphatic rings. The Labute approximate surface area is 108 Å². The first kappa shape index (κ1) is 13.5. The molecule has 1 fully saturated rings. The zero-order valence-electron chi connectivity index (χ0n) is 11.3. The summed E-state index contributed by atoms with van der Waals surface area (Å²) in [6.45, 7) is 8.65. The summed E-state index contributed by atoms with van der Waals surface area (Å²) in [4.78, 5) is 0.240. The van der Waals surface area contributed by atoms with Crippen LogP contribution in [0.5, 0.6) is 0 Å². The van der Waals surface area contributed by atoms with E-state index in [-0.39, 0.29) is 4.90 Å². The molecule has 0 saturated carbocycles. The molecule has 2 heterocycles. The Morgan fingerprint density at radius 2 is 1.78 bits per heavy atom. The quantitative estimate of drug-likeness (QED) is 0.825. The summed E-state index contributed by atoms with van der Waals surface area (Å²) < 4.78 is 31.8. The van der Waals surface area contributed by atoms with E-state index in [9.17, 15) is 8.42 Å². The molecule has 0 N–H and O–H groups in total. The summed E-state index contributed by atoms with van der Waals surface area (Å²) in [6, 6.07) is 0. The minimum atomic E-state index is -3.47. The van der Waals surface area contributed by atoms with Gasteiger partial charge in [0.15, 0.2) is 5.76 Å². The molecule has 1 aromatic heterocycles. The van der Waals surface area contributed by atoms with Crippen LogP contribution in [-0.4, -0.2) is 31.0 Å². The smallest absolute Gasteiger partial charge is 0.248 e. The van der Waals surface area contributed by atoms with Gasteiger partial charge in [-0.2, -0.15) is 4.31 Å². The number of sulfonamides is 1. The normalized spacial score (nSPS) is 26.4. The lowest BCUT2D eigenvalue weighted by molar-refractivity contribution is 0.222. The molecule has 0 aliphatic carbocycles. The van der Waals surface area contributed by atoms with Crippen molar-refractivity contribution in [1.82, 2.24) is 9.46 Å². The van der Waals surface area contributed by atoms with Crippen LogP contribution in [0.3, 0.4) is 0 Å². The average Bonchev–Trinajstić information content (AvgIpc) is 2.57. The minimum Gasteiger partial charge on any atom is -0.360 e. The van der Waals surface area contributed by atoms with E-state index in [4.69, 9.17) is 4.52 Å². The molecular weight excluding hydrogens is 252 g/mol. The van der Waals surface area contributed by atoms with Crippen LogP contribution in [0, 0.1) is 25.7 Å². The number of rotatable bonds is 2. The van der Waals surface area contributed by atoms with E-state index < -0.39 is 10.0 Å². The van der Waals surface area contributed by atoms with Crippen molar-refractivity contribution in [2.24, 2.45) is 11.8 Å². The zero-order valence-corrected chi connectivity index (χ0v) is 12.1. The monoisotopic (exact) mass is 272 g/mol. The summed E-state index contributed by atoms with van der Waals surface area (Å²) >= 11 is 0. The van der Waals surface area contributed by atoms with Crippen molar-refractivity contribution in [2.75, 3.05) is 13.1 Å². The van der Waals surface area contributed by atoms with E-state index in [1.807, 2.05) is 0 Å². The van der Waals surface area contributed by atoms with Crippen molar-refractivity contribution in [3.63, 3.8) is 0 Å². The fourth-order valence-electron chi connectivity index (χ4n) is 2.77. The van der Waals surface area contributed by atoms with Crippen LogP contribution >= 0.6 is 0 Å². The molecule has 0 radical (unpaired) electrons. The van der Waals surface area contributed by atoms with Crippen LogP contribution in [0.4, 0.5) is 0 Å². The molecule has 0 amide bonds. The van der Waals surface area contributed by atoms with Gasteiger partial charge in [-0.1, -0.05) is 19.0 Å². The van der Waals surface area contributed by atoms with Gasteiger partial charge in [-0.3, -0.25) is 0 Å². The summed E-state index contributed by atoms with van der Waals surface area (Å²) in [6.07, 6.45) is 1.08. The fraction of sp³-hybridized carbons (Fsp3) is 0.750. The first-order valence-corrected chi connectivity index (χ1v) is 7.69. The molecule has 1 aliphatic heterocycles. The molecule has 1 saturated heterocycles. The third kappa shape index (κ3) is 2.31. The number of hydrogen-bond donors (Lipinski definition) is 0. The molecule has 102 valence electrons. The number of aryl methyl sites for hydroxylation is 2. The minimum absolute atomic E-state index is 0.240. The highest BCUT2D eigenvalue weighted by atomic mass is 32.2. The number of nitrogens with zero attached hydrogens (tertiary/aromatic N) is 2. The van der Waals surface area contributed by atoms with Crippen molar-refractivity contribution in [2.45, 2.75) is 39.0 Å². The Morgan fingerprint density at radius 1 is 1.22 bits per heavy atom. The molecule has 2 atom stereocenters. The molecular formula is C12H20N2O3S. The SMILES string of the molecule is Cc1noc(C)c1S(=O)(=O)N1C[C@H](C)C[C@H](C)C1. The number of piperidine rings is 1. The molecule has 1 aromatic rings. The summed E-state index contributed by atoms with van der Waals surface area (Å²) in [7, 11) is -3.47. The van der Waals surface area contributed by atoms with Crippen molar-refractivity contribution in [3.8, 4) is 0 Å². The maximum Gasteiger partial charge on any atom is 0.248 e. The van der Waals surface area contributed by atoms with Gasteiger partial charge < -0.3 is 4.52 Å². The molecule has 2 rings (SSSR count). The molecule has 18 heavy (non-hydrogen) atoms. The van der Waals surface area contributed by atoms with Gasteiger partial charge in [0, 0.05) is 13.1 Å². The number of hydrogen-bond acceptors (Lipinski definition) is 4. The second kappa shape index (κ2) is 4.66. The highest BCUT2D eigenvalue weighted by Crippen LogP contribution is 2.29. The van der Waals surface area contributed by atoms with Crippen LogP contribution in [-0.2, 0) is 10.0 Å². The van der Waals surface area contributed by atoms with Crippen LogP contribution in [0.2, 0.25) is 0 Å². The van der Waals surface area contributed by atoms with E-state index in [1.54, 1.807) is 18.2 Å². The standard InChI is InChI=1S/C12H20N2O3S/c1-8-5-9(2)7-14(6-8)18(15,16)12-10(3)13-17-11(12)4/h8-9H,5-7H2,1-4H3/t8-,9+. The largest absolute Gasteiger partial charge is 0.360 e. The second-order valence-corrected chi connectivity index (χ2v) is 7.30. The maximum atomic E-state index is 12.6. The van der Waals surface area contributed by atoms with E-state index in [2.05, 4.69) is 19.0 Å².